The van der Waals surface area contributed by atoms with Crippen LogP contribution in [0.2, 0.25) is 0 Å². The lowest BCUT2D eigenvalue weighted by molar-refractivity contribution is 0.545. The zero-order valence-electron chi connectivity index (χ0n) is 6.94. The fourth-order valence-corrected chi connectivity index (χ4v) is 1.73. The van der Waals surface area contributed by atoms with Crippen molar-refractivity contribution in [3.8, 4) is 0 Å². The highest BCUT2D eigenvalue weighted by molar-refractivity contribution is 7.90. The Kier molecular flexibility index (Phi) is 2.92. The summed E-state index contributed by atoms with van der Waals surface area (Å²) in [4.78, 5) is 0.0793. The standard InChI is InChI=1S/C7H9ClN2O2S/c1-6-2-4-7(5-3-6)13(11,12)10(8)9/h2-5H,9H2,1H3. The Hall–Kier alpha value is -0.620. The molecule has 0 amide bonds. The molecule has 2 N–H and O–H groups in total. The molecule has 1 aromatic carbocycles. The molecule has 4 nitrogen and oxygen atoms in total. The van der Waals surface area contributed by atoms with Crippen LogP contribution >= 0.6 is 11.8 Å². The summed E-state index contributed by atoms with van der Waals surface area (Å²) in [6, 6.07) is 6.25. The predicted octanol–water partition coefficient (Wildman–Crippen LogP) is 1.01. The van der Waals surface area contributed by atoms with Crippen molar-refractivity contribution in [3.63, 3.8) is 0 Å². The number of aryl methyl sites for hydroxylation is 1. The van der Waals surface area contributed by atoms with E-state index in [0.717, 1.165) is 5.56 Å². The van der Waals surface area contributed by atoms with Gasteiger partial charge in [-0.15, -0.1) is 0 Å². The second-order valence-electron chi connectivity index (χ2n) is 2.56. The van der Waals surface area contributed by atoms with Crippen LogP contribution in [-0.4, -0.2) is 12.4 Å². The molecule has 1 rings (SSSR count). The molecule has 13 heavy (non-hydrogen) atoms. The second kappa shape index (κ2) is 3.63. The molecule has 0 aliphatic carbocycles. The average molecular weight is 221 g/mol. The molecule has 0 aliphatic heterocycles. The number of rotatable bonds is 2. The third-order valence-corrected chi connectivity index (χ3v) is 3.42. The van der Waals surface area contributed by atoms with E-state index in [4.69, 9.17) is 17.6 Å². The molecule has 0 saturated heterocycles. The Bertz CT molecular complexity index is 385. The first kappa shape index (κ1) is 10.5. The summed E-state index contributed by atoms with van der Waals surface area (Å²) in [5.41, 5.74) is 0.970. The molecule has 0 spiro atoms. The Morgan fingerprint density at radius 1 is 1.31 bits per heavy atom. The first-order chi connectivity index (χ1) is 5.94. The minimum atomic E-state index is -3.72. The lowest BCUT2D eigenvalue weighted by Crippen LogP contribution is -2.28. The quantitative estimate of drug-likeness (QED) is 0.460. The van der Waals surface area contributed by atoms with E-state index in [0.29, 0.717) is 0 Å². The molecule has 0 aliphatic rings. The van der Waals surface area contributed by atoms with Crippen LogP contribution in [0.3, 0.4) is 0 Å². The van der Waals surface area contributed by atoms with Crippen molar-refractivity contribution in [2.75, 3.05) is 0 Å². The summed E-state index contributed by atoms with van der Waals surface area (Å²) in [6.45, 7) is 1.86. The molecule has 72 valence electrons. The fraction of sp³-hybridized carbons (Fsp3) is 0.143. The highest BCUT2D eigenvalue weighted by Crippen LogP contribution is 2.14. The lowest BCUT2D eigenvalue weighted by Gasteiger charge is -2.07. The van der Waals surface area contributed by atoms with Crippen LogP contribution in [0.5, 0.6) is 0 Å². The molecule has 0 radical (unpaired) electrons. The number of nitrogens with zero attached hydrogens (tertiary/aromatic N) is 1. The number of hydrazine groups is 1. The average Bonchev–Trinajstić information content (AvgIpc) is 2.04. The fourth-order valence-electron chi connectivity index (χ4n) is 0.811. The highest BCUT2D eigenvalue weighted by atomic mass is 35.5. The van der Waals surface area contributed by atoms with Gasteiger partial charge in [0.1, 0.15) is 0 Å². The van der Waals surface area contributed by atoms with Crippen LogP contribution in [-0.2, 0) is 10.0 Å². The van der Waals surface area contributed by atoms with Gasteiger partial charge in [-0.3, -0.25) is 0 Å². The van der Waals surface area contributed by atoms with Gasteiger partial charge in [-0.05, 0) is 23.0 Å². The first-order valence-corrected chi connectivity index (χ1v) is 5.25. The normalized spacial score (nSPS) is 12.0. The van der Waals surface area contributed by atoms with E-state index in [1.807, 2.05) is 6.92 Å². The first-order valence-electron chi connectivity index (χ1n) is 3.47. The van der Waals surface area contributed by atoms with Gasteiger partial charge in [-0.1, -0.05) is 17.7 Å². The molecular formula is C7H9ClN2O2S. The monoisotopic (exact) mass is 220 g/mol. The maximum Gasteiger partial charge on any atom is 0.269 e. The summed E-state index contributed by atoms with van der Waals surface area (Å²) >= 11 is 5.17. The Balaban J connectivity index is 3.17. The molecule has 0 heterocycles. The summed E-state index contributed by atoms with van der Waals surface area (Å²) < 4.78 is 22.8. The van der Waals surface area contributed by atoms with Crippen LogP contribution < -0.4 is 5.84 Å². The van der Waals surface area contributed by atoms with Crippen molar-refractivity contribution < 1.29 is 8.42 Å². The summed E-state index contributed by atoms with van der Waals surface area (Å²) in [5, 5.41) is 0. The number of hydrogen-bond acceptors (Lipinski definition) is 3. The molecule has 0 saturated carbocycles. The number of benzene rings is 1. The minimum absolute atomic E-state index is 0.0793. The summed E-state index contributed by atoms with van der Waals surface area (Å²) in [5.74, 6) is 4.95. The number of nitrogens with two attached hydrogens (primary N) is 1. The second-order valence-corrected chi connectivity index (χ2v) is 4.94. The van der Waals surface area contributed by atoms with E-state index >= 15 is 0 Å². The Labute approximate surface area is 82.0 Å². The zero-order chi connectivity index (χ0) is 10.1. The maximum absolute atomic E-state index is 11.3. The van der Waals surface area contributed by atoms with Crippen molar-refractivity contribution in [2.24, 2.45) is 5.84 Å². The molecule has 0 bridgehead atoms. The number of halogens is 1. The van der Waals surface area contributed by atoms with Crippen LogP contribution in [0.4, 0.5) is 0 Å². The summed E-state index contributed by atoms with van der Waals surface area (Å²) in [6.07, 6.45) is 0. The van der Waals surface area contributed by atoms with Gasteiger partial charge < -0.3 is 0 Å². The Morgan fingerprint density at radius 2 is 1.77 bits per heavy atom. The Morgan fingerprint density at radius 3 is 2.15 bits per heavy atom. The van der Waals surface area contributed by atoms with Crippen LogP contribution in [0.1, 0.15) is 5.56 Å². The molecule has 0 aromatic heterocycles. The number of sulfonamides is 1. The maximum atomic E-state index is 11.3. The van der Waals surface area contributed by atoms with Gasteiger partial charge in [0, 0.05) is 11.8 Å². The smallest absolute Gasteiger partial charge is 0.240 e. The molecule has 6 heteroatoms. The van der Waals surface area contributed by atoms with Gasteiger partial charge in [-0.25, -0.2) is 14.3 Å². The molecular weight excluding hydrogens is 212 g/mol. The van der Waals surface area contributed by atoms with Crippen LogP contribution in [0.15, 0.2) is 29.2 Å². The minimum Gasteiger partial charge on any atom is -0.240 e. The van der Waals surface area contributed by atoms with E-state index in [-0.39, 0.29) is 8.83 Å². The lowest BCUT2D eigenvalue weighted by atomic mass is 10.2. The zero-order valence-corrected chi connectivity index (χ0v) is 8.51. The van der Waals surface area contributed by atoms with Gasteiger partial charge >= 0.3 is 0 Å². The van der Waals surface area contributed by atoms with Gasteiger partial charge in [-0.2, -0.15) is 0 Å². The van der Waals surface area contributed by atoms with Crippen LogP contribution in [0.25, 0.3) is 0 Å². The topological polar surface area (TPSA) is 63.4 Å². The van der Waals surface area contributed by atoms with Crippen molar-refractivity contribution in [3.05, 3.63) is 29.8 Å². The van der Waals surface area contributed by atoms with Crippen molar-refractivity contribution in [2.45, 2.75) is 11.8 Å². The van der Waals surface area contributed by atoms with E-state index < -0.39 is 10.0 Å². The van der Waals surface area contributed by atoms with Crippen molar-refractivity contribution in [1.29, 1.82) is 0 Å². The van der Waals surface area contributed by atoms with E-state index in [9.17, 15) is 8.42 Å². The molecule has 0 unspecified atom stereocenters. The van der Waals surface area contributed by atoms with Gasteiger partial charge in [0.25, 0.3) is 10.0 Å². The molecule has 0 fully saturated rings. The third-order valence-electron chi connectivity index (χ3n) is 1.55. The van der Waals surface area contributed by atoms with Gasteiger partial charge in [0.05, 0.1) is 4.90 Å². The third kappa shape index (κ3) is 2.19. The SMILES string of the molecule is Cc1ccc(S(=O)(=O)N(N)Cl)cc1. The predicted molar refractivity (Wildman–Crippen MR) is 50.2 cm³/mol. The summed E-state index contributed by atoms with van der Waals surface area (Å²) in [7, 11) is -3.72. The largest absolute Gasteiger partial charge is 0.269 e. The van der Waals surface area contributed by atoms with E-state index in [1.165, 1.54) is 12.1 Å². The number of hydrogen-bond donors (Lipinski definition) is 1. The molecule has 0 atom stereocenters. The molecule has 1 aromatic rings. The van der Waals surface area contributed by atoms with E-state index in [1.54, 1.807) is 12.1 Å². The van der Waals surface area contributed by atoms with Gasteiger partial charge in [0.2, 0.25) is 0 Å². The van der Waals surface area contributed by atoms with E-state index in [2.05, 4.69) is 0 Å². The van der Waals surface area contributed by atoms with Crippen molar-refractivity contribution >= 4 is 21.8 Å². The van der Waals surface area contributed by atoms with Crippen molar-refractivity contribution in [1.82, 2.24) is 3.93 Å². The van der Waals surface area contributed by atoms with Crippen LogP contribution in [0, 0.1) is 6.92 Å². The van der Waals surface area contributed by atoms with Gasteiger partial charge in [0.15, 0.2) is 0 Å². The highest BCUT2D eigenvalue weighted by Gasteiger charge is 2.18.